The van der Waals surface area contributed by atoms with Gasteiger partial charge in [0.2, 0.25) is 5.95 Å². The van der Waals surface area contributed by atoms with Gasteiger partial charge in [0.25, 0.3) is 0 Å². The van der Waals surface area contributed by atoms with Gasteiger partial charge in [-0.15, -0.1) is 0 Å². The molecule has 1 atom stereocenters. The van der Waals surface area contributed by atoms with Crippen LogP contribution in [0.3, 0.4) is 0 Å². The van der Waals surface area contributed by atoms with Crippen LogP contribution in [0.4, 0.5) is 5.95 Å². The molecule has 0 spiro atoms. The van der Waals surface area contributed by atoms with Crippen molar-refractivity contribution in [1.29, 1.82) is 0 Å². The first-order valence-corrected chi connectivity index (χ1v) is 7.96. The molecule has 1 saturated carbocycles. The van der Waals surface area contributed by atoms with E-state index in [1.165, 1.54) is 32.1 Å². The molecule has 112 valence electrons. The molecule has 1 aliphatic carbocycles. The Kier molecular flexibility index (Phi) is 5.77. The number of anilines is 1. The van der Waals surface area contributed by atoms with Gasteiger partial charge < -0.3 is 10.6 Å². The zero-order valence-electron chi connectivity index (χ0n) is 12.9. The summed E-state index contributed by atoms with van der Waals surface area (Å²) in [6.07, 6.45) is 12.6. The maximum Gasteiger partial charge on any atom is 0.224 e. The number of hydrogen-bond donors (Lipinski definition) is 1. The van der Waals surface area contributed by atoms with Crippen molar-refractivity contribution in [2.45, 2.75) is 57.9 Å². The SMILES string of the molecule is CCC(N)Cc1cnc(N(C)CC2CCCCC2)nc1. The van der Waals surface area contributed by atoms with Crippen LogP contribution in [0.2, 0.25) is 0 Å². The van der Waals surface area contributed by atoms with Crippen LogP contribution in [0.5, 0.6) is 0 Å². The van der Waals surface area contributed by atoms with E-state index >= 15 is 0 Å². The summed E-state index contributed by atoms with van der Waals surface area (Å²) in [4.78, 5) is 11.2. The van der Waals surface area contributed by atoms with E-state index in [0.717, 1.165) is 36.8 Å². The van der Waals surface area contributed by atoms with Crippen LogP contribution in [-0.4, -0.2) is 29.6 Å². The highest BCUT2D eigenvalue weighted by Gasteiger charge is 2.16. The second-order valence-corrected chi connectivity index (χ2v) is 6.15. The molecule has 0 radical (unpaired) electrons. The summed E-state index contributed by atoms with van der Waals surface area (Å²) in [5.74, 6) is 1.65. The molecule has 1 unspecified atom stereocenters. The zero-order valence-corrected chi connectivity index (χ0v) is 12.9. The van der Waals surface area contributed by atoms with Gasteiger partial charge in [0.15, 0.2) is 0 Å². The second kappa shape index (κ2) is 7.58. The lowest BCUT2D eigenvalue weighted by atomic mass is 9.89. The van der Waals surface area contributed by atoms with Crippen molar-refractivity contribution in [2.24, 2.45) is 11.7 Å². The molecule has 1 aliphatic rings. The van der Waals surface area contributed by atoms with Crippen LogP contribution in [0.1, 0.15) is 51.0 Å². The summed E-state index contributed by atoms with van der Waals surface area (Å²) in [6, 6.07) is 0.212. The van der Waals surface area contributed by atoms with Crippen LogP contribution in [-0.2, 0) is 6.42 Å². The van der Waals surface area contributed by atoms with Crippen molar-refractivity contribution < 1.29 is 0 Å². The van der Waals surface area contributed by atoms with Crippen molar-refractivity contribution in [3.8, 4) is 0 Å². The number of nitrogens with zero attached hydrogens (tertiary/aromatic N) is 3. The van der Waals surface area contributed by atoms with E-state index in [-0.39, 0.29) is 6.04 Å². The molecular weight excluding hydrogens is 248 g/mol. The van der Waals surface area contributed by atoms with E-state index in [2.05, 4.69) is 28.8 Å². The summed E-state index contributed by atoms with van der Waals surface area (Å²) in [5, 5.41) is 0. The highest BCUT2D eigenvalue weighted by molar-refractivity contribution is 5.28. The molecule has 0 bridgehead atoms. The average Bonchev–Trinajstić information content (AvgIpc) is 2.49. The third-order valence-corrected chi connectivity index (χ3v) is 4.31. The van der Waals surface area contributed by atoms with E-state index in [4.69, 9.17) is 5.73 Å². The Bertz CT molecular complexity index is 384. The fraction of sp³-hybridized carbons (Fsp3) is 0.750. The standard InChI is InChI=1S/C16H28N4/c1-3-15(17)9-14-10-18-16(19-11-14)20(2)12-13-7-5-4-6-8-13/h10-11,13,15H,3-9,12,17H2,1-2H3. The molecule has 1 fully saturated rings. The third-order valence-electron chi connectivity index (χ3n) is 4.31. The summed E-state index contributed by atoms with van der Waals surface area (Å²) in [6.45, 7) is 3.19. The lowest BCUT2D eigenvalue weighted by molar-refractivity contribution is 0.361. The Morgan fingerprint density at radius 2 is 1.90 bits per heavy atom. The monoisotopic (exact) mass is 276 g/mol. The Hall–Kier alpha value is -1.16. The predicted octanol–water partition coefficient (Wildman–Crippen LogP) is 2.77. The fourth-order valence-corrected chi connectivity index (χ4v) is 2.94. The highest BCUT2D eigenvalue weighted by Crippen LogP contribution is 2.24. The van der Waals surface area contributed by atoms with Gasteiger partial charge in [0, 0.05) is 32.0 Å². The molecule has 0 saturated heterocycles. The predicted molar refractivity (Wildman–Crippen MR) is 83.8 cm³/mol. The first-order valence-electron chi connectivity index (χ1n) is 7.96. The van der Waals surface area contributed by atoms with Crippen LogP contribution in [0, 0.1) is 5.92 Å². The molecule has 0 aliphatic heterocycles. The largest absolute Gasteiger partial charge is 0.344 e. The van der Waals surface area contributed by atoms with Gasteiger partial charge in [-0.05, 0) is 37.2 Å². The first-order chi connectivity index (χ1) is 9.69. The van der Waals surface area contributed by atoms with Crippen LogP contribution in [0.15, 0.2) is 12.4 Å². The normalized spacial score (nSPS) is 17.9. The van der Waals surface area contributed by atoms with Crippen molar-refractivity contribution in [3.63, 3.8) is 0 Å². The molecule has 1 aromatic heterocycles. The zero-order chi connectivity index (χ0) is 14.4. The maximum atomic E-state index is 5.96. The Morgan fingerprint density at radius 1 is 1.25 bits per heavy atom. The Balaban J connectivity index is 1.87. The minimum atomic E-state index is 0.212. The van der Waals surface area contributed by atoms with E-state index in [1.54, 1.807) is 0 Å². The minimum absolute atomic E-state index is 0.212. The molecule has 4 nitrogen and oxygen atoms in total. The van der Waals surface area contributed by atoms with Gasteiger partial charge in [0.1, 0.15) is 0 Å². The first kappa shape index (κ1) is 15.2. The minimum Gasteiger partial charge on any atom is -0.344 e. The fourth-order valence-electron chi connectivity index (χ4n) is 2.94. The molecule has 0 aromatic carbocycles. The van der Waals surface area contributed by atoms with E-state index < -0.39 is 0 Å². The third kappa shape index (κ3) is 4.44. The summed E-state index contributed by atoms with van der Waals surface area (Å²) >= 11 is 0. The van der Waals surface area contributed by atoms with Gasteiger partial charge >= 0.3 is 0 Å². The molecule has 4 heteroatoms. The van der Waals surface area contributed by atoms with E-state index in [0.29, 0.717) is 0 Å². The number of nitrogens with two attached hydrogens (primary N) is 1. The van der Waals surface area contributed by atoms with E-state index in [9.17, 15) is 0 Å². The van der Waals surface area contributed by atoms with Gasteiger partial charge in [-0.25, -0.2) is 9.97 Å². The second-order valence-electron chi connectivity index (χ2n) is 6.15. The molecule has 2 rings (SSSR count). The van der Waals surface area contributed by atoms with Crippen molar-refractivity contribution in [1.82, 2.24) is 9.97 Å². The topological polar surface area (TPSA) is 55.0 Å². The molecular formula is C16H28N4. The van der Waals surface area contributed by atoms with Gasteiger partial charge in [-0.2, -0.15) is 0 Å². The smallest absolute Gasteiger partial charge is 0.224 e. The maximum absolute atomic E-state index is 5.96. The lowest BCUT2D eigenvalue weighted by Gasteiger charge is -2.27. The molecule has 2 N–H and O–H groups in total. The summed E-state index contributed by atoms with van der Waals surface area (Å²) in [7, 11) is 2.10. The molecule has 1 heterocycles. The van der Waals surface area contributed by atoms with Crippen LogP contribution >= 0.6 is 0 Å². The highest BCUT2D eigenvalue weighted by atomic mass is 15.2. The Morgan fingerprint density at radius 3 is 2.50 bits per heavy atom. The van der Waals surface area contributed by atoms with Gasteiger partial charge in [-0.3, -0.25) is 0 Å². The molecule has 20 heavy (non-hydrogen) atoms. The quantitative estimate of drug-likeness (QED) is 0.868. The summed E-state index contributed by atoms with van der Waals surface area (Å²) < 4.78 is 0. The van der Waals surface area contributed by atoms with Crippen molar-refractivity contribution >= 4 is 5.95 Å². The van der Waals surface area contributed by atoms with Gasteiger partial charge in [-0.1, -0.05) is 26.2 Å². The van der Waals surface area contributed by atoms with Crippen molar-refractivity contribution in [2.75, 3.05) is 18.5 Å². The Labute approximate surface area is 122 Å². The van der Waals surface area contributed by atoms with Crippen LogP contribution in [0.25, 0.3) is 0 Å². The molecule has 0 amide bonds. The number of hydrogen-bond acceptors (Lipinski definition) is 4. The van der Waals surface area contributed by atoms with Crippen LogP contribution < -0.4 is 10.6 Å². The van der Waals surface area contributed by atoms with Crippen molar-refractivity contribution in [3.05, 3.63) is 18.0 Å². The summed E-state index contributed by atoms with van der Waals surface area (Å²) in [5.41, 5.74) is 7.09. The number of aromatic nitrogens is 2. The number of rotatable bonds is 6. The van der Waals surface area contributed by atoms with E-state index in [1.807, 2.05) is 12.4 Å². The van der Waals surface area contributed by atoms with Gasteiger partial charge in [0.05, 0.1) is 0 Å². The molecule has 1 aromatic rings. The average molecular weight is 276 g/mol. The lowest BCUT2D eigenvalue weighted by Crippen LogP contribution is -2.28.